The summed E-state index contributed by atoms with van der Waals surface area (Å²) in [6, 6.07) is 5.62. The van der Waals surface area contributed by atoms with Gasteiger partial charge in [0.15, 0.2) is 0 Å². The van der Waals surface area contributed by atoms with Crippen molar-refractivity contribution in [1.29, 1.82) is 0 Å². The van der Waals surface area contributed by atoms with Crippen molar-refractivity contribution in [3.8, 4) is 12.3 Å². The Morgan fingerprint density at radius 1 is 1.30 bits per heavy atom. The summed E-state index contributed by atoms with van der Waals surface area (Å²) in [5, 5.41) is 22.1. The van der Waals surface area contributed by atoms with Crippen LogP contribution in [0.3, 0.4) is 0 Å². The monoisotopic (exact) mass is 509 g/mol. The zero-order chi connectivity index (χ0) is 27.6. The zero-order valence-corrected chi connectivity index (χ0v) is 22.9. The summed E-state index contributed by atoms with van der Waals surface area (Å²) in [5.41, 5.74) is 1.51. The smallest absolute Gasteiger partial charge is 0.309 e. The fraction of sp³-hybridized carbons (Fsp3) is 0.581. The van der Waals surface area contributed by atoms with E-state index in [1.165, 1.54) is 5.57 Å². The Balaban J connectivity index is 2.38. The minimum atomic E-state index is -1.27. The molecule has 0 unspecified atom stereocenters. The molecule has 2 N–H and O–H groups in total. The number of aliphatic hydroxyl groups excluding tert-OH is 2. The lowest BCUT2D eigenvalue weighted by Crippen LogP contribution is -2.46. The van der Waals surface area contributed by atoms with Crippen molar-refractivity contribution >= 4 is 17.8 Å². The first kappa shape index (κ1) is 30.5. The van der Waals surface area contributed by atoms with E-state index < -0.39 is 35.6 Å². The van der Waals surface area contributed by atoms with E-state index in [1.807, 2.05) is 45.0 Å². The van der Waals surface area contributed by atoms with Gasteiger partial charge in [0.25, 0.3) is 0 Å². The van der Waals surface area contributed by atoms with Crippen molar-refractivity contribution < 1.29 is 24.5 Å². The second-order valence-corrected chi connectivity index (χ2v) is 10.9. The molecule has 0 amide bonds. The first-order valence-electron chi connectivity index (χ1n) is 13.3. The van der Waals surface area contributed by atoms with Gasteiger partial charge in [-0.1, -0.05) is 38.5 Å². The number of allylic oxidation sites excluding steroid dienone is 1. The van der Waals surface area contributed by atoms with E-state index in [-0.39, 0.29) is 18.1 Å². The molecule has 0 saturated heterocycles. The van der Waals surface area contributed by atoms with Crippen LogP contribution in [-0.2, 0) is 14.3 Å². The Morgan fingerprint density at radius 3 is 2.68 bits per heavy atom. The van der Waals surface area contributed by atoms with Crippen LogP contribution in [0, 0.1) is 29.6 Å². The third-order valence-corrected chi connectivity index (χ3v) is 7.52. The summed E-state index contributed by atoms with van der Waals surface area (Å²) >= 11 is 0. The highest BCUT2D eigenvalue weighted by Crippen LogP contribution is 2.34. The fourth-order valence-corrected chi connectivity index (χ4v) is 4.75. The molecule has 0 radical (unpaired) electrons. The van der Waals surface area contributed by atoms with E-state index >= 15 is 0 Å². The molecule has 0 bridgehead atoms. The topological polar surface area (TPSA) is 96.7 Å². The highest BCUT2D eigenvalue weighted by atomic mass is 16.5. The lowest BCUT2D eigenvalue weighted by Gasteiger charge is -2.36. The van der Waals surface area contributed by atoms with E-state index in [0.29, 0.717) is 19.3 Å². The number of esters is 1. The van der Waals surface area contributed by atoms with Gasteiger partial charge in [-0.15, -0.1) is 12.3 Å². The fourth-order valence-electron chi connectivity index (χ4n) is 4.75. The number of ketones is 1. The average Bonchev–Trinajstić information content (AvgIpc) is 2.86. The number of nitrogens with zero attached hydrogens (tertiary/aromatic N) is 1. The lowest BCUT2D eigenvalue weighted by atomic mass is 9.71. The second kappa shape index (κ2) is 14.3. The van der Waals surface area contributed by atoms with Gasteiger partial charge in [-0.3, -0.25) is 14.6 Å². The SMILES string of the molecule is C#CCC[C@H]1C(=O)C(C)(C)[C@H](O)CC(=O)O[C@H](/C(C)=C/c2ccccn2)C/C=C(/C)CCC[C@@H](C)[C@@H]1O. The van der Waals surface area contributed by atoms with Gasteiger partial charge in [0.1, 0.15) is 11.9 Å². The molecular weight excluding hydrogens is 466 g/mol. The number of Topliss-reactive ketones (excluding diaryl/α,β-unsaturated/α-hetero) is 1. The third-order valence-electron chi connectivity index (χ3n) is 7.52. The number of aliphatic hydroxyl groups is 2. The first-order valence-corrected chi connectivity index (χ1v) is 13.3. The van der Waals surface area contributed by atoms with Gasteiger partial charge in [-0.05, 0) is 69.2 Å². The first-order chi connectivity index (χ1) is 17.5. The molecule has 1 aliphatic rings. The second-order valence-electron chi connectivity index (χ2n) is 10.9. The van der Waals surface area contributed by atoms with E-state index in [1.54, 1.807) is 20.0 Å². The number of terminal acetylenes is 1. The van der Waals surface area contributed by atoms with Crippen LogP contribution in [0.4, 0.5) is 0 Å². The van der Waals surface area contributed by atoms with Crippen molar-refractivity contribution in [2.45, 2.75) is 97.9 Å². The number of hydrogen-bond acceptors (Lipinski definition) is 6. The number of carbonyl (C=O) groups is 2. The summed E-state index contributed by atoms with van der Waals surface area (Å²) in [6.45, 7) is 9.13. The number of carbonyl (C=O) groups excluding carboxylic acids is 2. The molecule has 0 saturated carbocycles. The maximum atomic E-state index is 13.6. The number of hydrogen-bond donors (Lipinski definition) is 2. The summed E-state index contributed by atoms with van der Waals surface area (Å²) in [5.74, 6) is 0.865. The Labute approximate surface area is 222 Å². The average molecular weight is 510 g/mol. The van der Waals surface area contributed by atoms with Crippen molar-refractivity contribution in [3.05, 3.63) is 47.3 Å². The van der Waals surface area contributed by atoms with E-state index in [9.17, 15) is 19.8 Å². The van der Waals surface area contributed by atoms with Gasteiger partial charge in [-0.25, -0.2) is 0 Å². The molecule has 2 rings (SSSR count). The Morgan fingerprint density at radius 2 is 2.03 bits per heavy atom. The number of ether oxygens (including phenoxy) is 1. The van der Waals surface area contributed by atoms with Crippen molar-refractivity contribution in [1.82, 2.24) is 4.98 Å². The van der Waals surface area contributed by atoms with Crippen LogP contribution in [0.5, 0.6) is 0 Å². The molecular formula is C31H43NO5. The molecule has 6 heteroatoms. The van der Waals surface area contributed by atoms with Crippen molar-refractivity contribution in [2.75, 3.05) is 0 Å². The molecule has 202 valence electrons. The van der Waals surface area contributed by atoms with E-state index in [0.717, 1.165) is 30.5 Å². The molecule has 1 aromatic heterocycles. The zero-order valence-electron chi connectivity index (χ0n) is 22.9. The third kappa shape index (κ3) is 8.94. The number of rotatable bonds is 4. The highest BCUT2D eigenvalue weighted by molar-refractivity contribution is 5.88. The molecule has 37 heavy (non-hydrogen) atoms. The molecule has 0 aliphatic carbocycles. The number of cyclic esters (lactones) is 1. The minimum absolute atomic E-state index is 0.110. The molecule has 5 atom stereocenters. The Kier molecular flexibility index (Phi) is 11.7. The van der Waals surface area contributed by atoms with Crippen molar-refractivity contribution in [2.24, 2.45) is 17.3 Å². The van der Waals surface area contributed by atoms with Crippen LogP contribution in [0.2, 0.25) is 0 Å². The van der Waals surface area contributed by atoms with Gasteiger partial charge in [0, 0.05) is 25.0 Å². The standard InChI is InChI=1S/C31H43NO5/c1-7-8-15-25-29(35)22(3)13-11-12-21(2)16-17-26(23(4)19-24-14-9-10-18-32-24)37-28(34)20-27(33)31(5,6)30(25)36/h1,9-10,14,16,18-19,22,25-27,29,33,35H,8,11-13,15,17,20H2,2-6H3/b21-16-,23-19+/t22-,25-,26+,27-,29+/m1/s1. The van der Waals surface area contributed by atoms with Gasteiger partial charge in [0.05, 0.1) is 29.7 Å². The highest BCUT2D eigenvalue weighted by Gasteiger charge is 2.43. The molecule has 0 aromatic carbocycles. The Bertz CT molecular complexity index is 1000. The molecule has 0 spiro atoms. The van der Waals surface area contributed by atoms with Crippen LogP contribution in [0.25, 0.3) is 6.08 Å². The lowest BCUT2D eigenvalue weighted by molar-refractivity contribution is -0.154. The quantitative estimate of drug-likeness (QED) is 0.325. The summed E-state index contributed by atoms with van der Waals surface area (Å²) in [6.07, 6.45) is 11.8. The van der Waals surface area contributed by atoms with Gasteiger partial charge in [-0.2, -0.15) is 0 Å². The normalized spacial score (nSPS) is 30.1. The minimum Gasteiger partial charge on any atom is -0.457 e. The Hall–Kier alpha value is -2.75. The van der Waals surface area contributed by atoms with E-state index in [4.69, 9.17) is 11.2 Å². The molecule has 2 heterocycles. The predicted octanol–water partition coefficient (Wildman–Crippen LogP) is 5.29. The van der Waals surface area contributed by atoms with Crippen LogP contribution in [0.15, 0.2) is 41.6 Å². The largest absolute Gasteiger partial charge is 0.457 e. The van der Waals surface area contributed by atoms with Crippen molar-refractivity contribution in [3.63, 3.8) is 0 Å². The molecule has 1 aromatic rings. The van der Waals surface area contributed by atoms with Crippen LogP contribution in [-0.4, -0.2) is 45.3 Å². The summed E-state index contributed by atoms with van der Waals surface area (Å²) in [4.78, 5) is 30.9. The number of aromatic nitrogens is 1. The van der Waals surface area contributed by atoms with Gasteiger partial charge < -0.3 is 14.9 Å². The summed E-state index contributed by atoms with van der Waals surface area (Å²) < 4.78 is 5.84. The maximum absolute atomic E-state index is 13.6. The molecule has 1 aliphatic heterocycles. The van der Waals surface area contributed by atoms with Gasteiger partial charge >= 0.3 is 5.97 Å². The molecule has 6 nitrogen and oxygen atoms in total. The van der Waals surface area contributed by atoms with Crippen LogP contribution in [0.1, 0.15) is 85.3 Å². The molecule has 0 fully saturated rings. The number of pyridine rings is 1. The maximum Gasteiger partial charge on any atom is 0.309 e. The van der Waals surface area contributed by atoms with Crippen LogP contribution >= 0.6 is 0 Å². The van der Waals surface area contributed by atoms with Gasteiger partial charge in [0.2, 0.25) is 0 Å². The van der Waals surface area contributed by atoms with Crippen LogP contribution < -0.4 is 0 Å². The predicted molar refractivity (Wildman–Crippen MR) is 146 cm³/mol. The summed E-state index contributed by atoms with van der Waals surface area (Å²) in [7, 11) is 0. The van der Waals surface area contributed by atoms with E-state index in [2.05, 4.69) is 17.0 Å².